The van der Waals surface area contributed by atoms with Crippen molar-refractivity contribution in [2.75, 3.05) is 0 Å². The molecule has 4 N–H and O–H groups in total. The number of hydrogen-bond acceptors (Lipinski definition) is 4. The van der Waals surface area contributed by atoms with E-state index in [4.69, 9.17) is 9.79 Å². The van der Waals surface area contributed by atoms with Gasteiger partial charge in [0, 0.05) is 22.9 Å². The fraction of sp³-hybridized carbons (Fsp3) is 0. The summed E-state index contributed by atoms with van der Waals surface area (Å²) in [6, 6.07) is 9.80. The molecule has 2 heterocycles. The van der Waals surface area contributed by atoms with E-state index in [9.17, 15) is 9.59 Å². The number of nitrogens with zero attached hydrogens (tertiary/aromatic N) is 1. The molecule has 0 bridgehead atoms. The van der Waals surface area contributed by atoms with Gasteiger partial charge in [-0.2, -0.15) is 0 Å². The predicted octanol–water partition coefficient (Wildman–Crippen LogP) is 0.579. The highest BCUT2D eigenvalue weighted by atomic mass is 31.2. The van der Waals surface area contributed by atoms with Crippen LogP contribution in [0.1, 0.15) is 5.69 Å². The summed E-state index contributed by atoms with van der Waals surface area (Å²) in [6.07, 6.45) is 3.37. The minimum atomic E-state index is -2.12. The topological polar surface area (TPSA) is 104 Å². The average Bonchev–Trinajstić information content (AvgIpc) is 3.06. The third-order valence-electron chi connectivity index (χ3n) is 3.15. The van der Waals surface area contributed by atoms with E-state index in [1.165, 1.54) is 0 Å². The van der Waals surface area contributed by atoms with Crippen molar-refractivity contribution >= 4 is 31.7 Å². The van der Waals surface area contributed by atoms with Gasteiger partial charge in [-0.15, -0.1) is 0 Å². The van der Waals surface area contributed by atoms with Crippen LogP contribution in [0.25, 0.3) is 11.8 Å². The molecule has 0 aliphatic carbocycles. The van der Waals surface area contributed by atoms with Gasteiger partial charge in [0.1, 0.15) is 5.70 Å². The lowest BCUT2D eigenvalue weighted by Gasteiger charge is -2.09. The summed E-state index contributed by atoms with van der Waals surface area (Å²) in [4.78, 5) is 41.0. The van der Waals surface area contributed by atoms with Crippen LogP contribution in [0.3, 0.4) is 0 Å². The molecule has 1 aliphatic heterocycles. The first kappa shape index (κ1) is 14.5. The Balaban J connectivity index is 1.94. The third-order valence-corrected chi connectivity index (χ3v) is 3.91. The van der Waals surface area contributed by atoms with Crippen LogP contribution in [0.5, 0.6) is 0 Å². The summed E-state index contributed by atoms with van der Waals surface area (Å²) in [7, 11) is -2.12. The highest BCUT2D eigenvalue weighted by Gasteiger charge is 2.23. The summed E-state index contributed by atoms with van der Waals surface area (Å²) in [5, 5.41) is 5.02. The molecule has 0 unspecified atom stereocenters. The minimum absolute atomic E-state index is 0.177. The first-order valence-corrected chi connectivity index (χ1v) is 7.59. The Kier molecular flexibility index (Phi) is 3.77. The van der Waals surface area contributed by atoms with E-state index in [0.717, 1.165) is 5.69 Å². The number of hydrogen-bond donors (Lipinski definition) is 4. The zero-order chi connectivity index (χ0) is 15.7. The Morgan fingerprint density at radius 1 is 1.05 bits per heavy atom. The molecule has 2 aromatic rings. The molecule has 22 heavy (non-hydrogen) atoms. The van der Waals surface area contributed by atoms with Gasteiger partial charge in [-0.1, -0.05) is 0 Å². The fourth-order valence-corrected chi connectivity index (χ4v) is 2.54. The number of rotatable bonds is 3. The van der Waals surface area contributed by atoms with Gasteiger partial charge in [-0.25, -0.2) is 4.79 Å². The van der Waals surface area contributed by atoms with E-state index in [1.807, 2.05) is 4.57 Å². The molecule has 1 saturated heterocycles. The minimum Gasteiger partial charge on any atom is -0.347 e. The Bertz CT molecular complexity index is 765. The number of benzene rings is 1. The van der Waals surface area contributed by atoms with Crippen LogP contribution in [-0.2, 0) is 4.79 Å². The summed E-state index contributed by atoms with van der Waals surface area (Å²) >= 11 is 0. The Labute approximate surface area is 126 Å². The number of carbonyl (C=O) groups excluding carboxylic acids is 2. The van der Waals surface area contributed by atoms with Crippen molar-refractivity contribution < 1.29 is 19.4 Å². The molecule has 1 aromatic heterocycles. The van der Waals surface area contributed by atoms with Crippen LogP contribution in [-0.4, -0.2) is 26.3 Å². The van der Waals surface area contributed by atoms with Crippen LogP contribution in [0.15, 0.2) is 48.3 Å². The van der Waals surface area contributed by atoms with E-state index in [2.05, 4.69) is 10.6 Å². The number of urea groups is 1. The van der Waals surface area contributed by atoms with Crippen LogP contribution in [0, 0.1) is 0 Å². The van der Waals surface area contributed by atoms with Gasteiger partial charge in [0.05, 0.1) is 0 Å². The Morgan fingerprint density at radius 3 is 2.36 bits per heavy atom. The van der Waals surface area contributed by atoms with Crippen molar-refractivity contribution in [3.05, 3.63) is 54.0 Å². The molecule has 112 valence electrons. The predicted molar refractivity (Wildman–Crippen MR) is 81.4 cm³/mol. The standard InChI is InChI=1S/C14H12N3O4P/c18-13-12(15-14(19)16-13)8-10-2-1-7-17(10)9-3-5-11(6-4-9)22(20)21/h1-8,20-21H,(H2,15,16,18,19)/b12-8-. The maximum atomic E-state index is 11.6. The first-order chi connectivity index (χ1) is 10.5. The number of imide groups is 1. The molecule has 3 amide bonds. The SMILES string of the molecule is O=C1NC(=O)/C(=C/c2cccn2-c2ccc(P(O)O)cc2)N1. The van der Waals surface area contributed by atoms with Gasteiger partial charge in [0.25, 0.3) is 5.91 Å². The molecule has 7 nitrogen and oxygen atoms in total. The third kappa shape index (κ3) is 2.78. The first-order valence-electron chi connectivity index (χ1n) is 6.34. The van der Waals surface area contributed by atoms with E-state index in [0.29, 0.717) is 11.0 Å². The molecule has 1 fully saturated rings. The van der Waals surface area contributed by atoms with Gasteiger partial charge < -0.3 is 19.7 Å². The van der Waals surface area contributed by atoms with Gasteiger partial charge >= 0.3 is 6.03 Å². The smallest absolute Gasteiger partial charge is 0.326 e. The molecule has 0 radical (unpaired) electrons. The maximum absolute atomic E-state index is 11.6. The zero-order valence-corrected chi connectivity index (χ0v) is 12.1. The Morgan fingerprint density at radius 2 is 1.77 bits per heavy atom. The van der Waals surface area contributed by atoms with Crippen molar-refractivity contribution in [1.82, 2.24) is 15.2 Å². The molecular weight excluding hydrogens is 305 g/mol. The summed E-state index contributed by atoms with van der Waals surface area (Å²) < 4.78 is 1.81. The van der Waals surface area contributed by atoms with Gasteiger partial charge in [-0.05, 0) is 42.5 Å². The Hall–Kier alpha value is -2.47. The highest BCUT2D eigenvalue weighted by molar-refractivity contribution is 7.54. The summed E-state index contributed by atoms with van der Waals surface area (Å²) in [5.41, 5.74) is 1.67. The summed E-state index contributed by atoms with van der Waals surface area (Å²) in [6.45, 7) is 0. The molecule has 1 aliphatic rings. The molecule has 0 spiro atoms. The van der Waals surface area contributed by atoms with Crippen molar-refractivity contribution in [3.63, 3.8) is 0 Å². The number of nitrogens with one attached hydrogen (secondary N) is 2. The molecule has 0 atom stereocenters. The van der Waals surface area contributed by atoms with Gasteiger partial charge in [-0.3, -0.25) is 10.1 Å². The maximum Gasteiger partial charge on any atom is 0.326 e. The van der Waals surface area contributed by atoms with E-state index >= 15 is 0 Å². The van der Waals surface area contributed by atoms with Crippen molar-refractivity contribution in [2.24, 2.45) is 0 Å². The van der Waals surface area contributed by atoms with Crippen LogP contribution >= 0.6 is 8.38 Å². The lowest BCUT2D eigenvalue weighted by Crippen LogP contribution is -2.22. The molecule has 1 aromatic carbocycles. The van der Waals surface area contributed by atoms with Crippen molar-refractivity contribution in [3.8, 4) is 5.69 Å². The number of carbonyl (C=O) groups is 2. The van der Waals surface area contributed by atoms with E-state index in [-0.39, 0.29) is 5.70 Å². The molecule has 0 saturated carbocycles. The highest BCUT2D eigenvalue weighted by Crippen LogP contribution is 2.23. The van der Waals surface area contributed by atoms with Crippen molar-refractivity contribution in [2.45, 2.75) is 0 Å². The summed E-state index contributed by atoms with van der Waals surface area (Å²) in [5.74, 6) is -0.473. The van der Waals surface area contributed by atoms with Crippen LogP contribution < -0.4 is 15.9 Å². The monoisotopic (exact) mass is 317 g/mol. The quantitative estimate of drug-likeness (QED) is 0.378. The van der Waals surface area contributed by atoms with E-state index in [1.54, 1.807) is 48.7 Å². The lowest BCUT2D eigenvalue weighted by molar-refractivity contribution is -0.115. The van der Waals surface area contributed by atoms with E-state index < -0.39 is 20.3 Å². The second-order valence-electron chi connectivity index (χ2n) is 4.58. The number of aromatic nitrogens is 1. The largest absolute Gasteiger partial charge is 0.347 e. The average molecular weight is 317 g/mol. The van der Waals surface area contributed by atoms with Crippen LogP contribution in [0.4, 0.5) is 4.79 Å². The lowest BCUT2D eigenvalue weighted by atomic mass is 10.3. The van der Waals surface area contributed by atoms with Gasteiger partial charge in [0.2, 0.25) is 0 Å². The molecule has 8 heteroatoms. The van der Waals surface area contributed by atoms with Crippen molar-refractivity contribution in [1.29, 1.82) is 0 Å². The normalized spacial score (nSPS) is 16.2. The number of amides is 3. The molecular formula is C14H12N3O4P. The zero-order valence-electron chi connectivity index (χ0n) is 11.2. The van der Waals surface area contributed by atoms with Gasteiger partial charge in [0.15, 0.2) is 8.38 Å². The molecule has 3 rings (SSSR count). The fourth-order valence-electron chi connectivity index (χ4n) is 2.12. The second-order valence-corrected chi connectivity index (χ2v) is 5.67. The van der Waals surface area contributed by atoms with Crippen LogP contribution in [0.2, 0.25) is 0 Å². The second kappa shape index (κ2) is 5.73.